The van der Waals surface area contributed by atoms with Crippen molar-refractivity contribution in [1.82, 2.24) is 20.3 Å². The summed E-state index contributed by atoms with van der Waals surface area (Å²) in [6.45, 7) is 8.23. The number of rotatable bonds is 7. The molecule has 1 atom stereocenters. The zero-order chi connectivity index (χ0) is 21.6. The molecule has 0 spiro atoms. The second-order valence-corrected chi connectivity index (χ2v) is 8.22. The molecular weight excluding hydrogens is 388 g/mol. The Labute approximate surface area is 183 Å². The quantitative estimate of drug-likeness (QED) is 0.638. The van der Waals surface area contributed by atoms with E-state index in [-0.39, 0.29) is 11.9 Å². The van der Waals surface area contributed by atoms with Crippen molar-refractivity contribution in [3.63, 3.8) is 0 Å². The van der Waals surface area contributed by atoms with Gasteiger partial charge >= 0.3 is 0 Å². The molecule has 0 saturated carbocycles. The SMILES string of the molecule is Cc1ccc([C@H](NCC(=O)N2CCN(Cc3cc(C)on3)CC2)c2ccccc2)cc1. The first kappa shape index (κ1) is 21.3. The number of amides is 1. The maximum atomic E-state index is 12.9. The van der Waals surface area contributed by atoms with Gasteiger partial charge in [-0.2, -0.15) is 0 Å². The largest absolute Gasteiger partial charge is 0.361 e. The van der Waals surface area contributed by atoms with E-state index < -0.39 is 0 Å². The molecule has 31 heavy (non-hydrogen) atoms. The van der Waals surface area contributed by atoms with E-state index in [1.54, 1.807) is 0 Å². The molecule has 1 N–H and O–H groups in total. The lowest BCUT2D eigenvalue weighted by atomic mass is 9.98. The van der Waals surface area contributed by atoms with Crippen LogP contribution in [-0.2, 0) is 11.3 Å². The van der Waals surface area contributed by atoms with Crippen LogP contribution in [0.4, 0.5) is 0 Å². The van der Waals surface area contributed by atoms with Crippen molar-refractivity contribution >= 4 is 5.91 Å². The van der Waals surface area contributed by atoms with Gasteiger partial charge in [0, 0.05) is 38.8 Å². The van der Waals surface area contributed by atoms with Gasteiger partial charge in [0.05, 0.1) is 18.3 Å². The van der Waals surface area contributed by atoms with Gasteiger partial charge in [-0.15, -0.1) is 0 Å². The number of aromatic nitrogens is 1. The lowest BCUT2D eigenvalue weighted by Gasteiger charge is -2.34. The zero-order valence-electron chi connectivity index (χ0n) is 18.3. The summed E-state index contributed by atoms with van der Waals surface area (Å²) in [5, 5.41) is 7.56. The summed E-state index contributed by atoms with van der Waals surface area (Å²) in [6, 6.07) is 20.8. The van der Waals surface area contributed by atoms with Gasteiger partial charge in [-0.25, -0.2) is 0 Å². The van der Waals surface area contributed by atoms with Gasteiger partial charge in [0.25, 0.3) is 0 Å². The van der Waals surface area contributed by atoms with Gasteiger partial charge in [0.2, 0.25) is 5.91 Å². The number of nitrogens with one attached hydrogen (secondary N) is 1. The predicted molar refractivity (Wildman–Crippen MR) is 121 cm³/mol. The molecule has 162 valence electrons. The maximum absolute atomic E-state index is 12.9. The van der Waals surface area contributed by atoms with Crippen LogP contribution >= 0.6 is 0 Å². The summed E-state index contributed by atoms with van der Waals surface area (Å²) in [5.41, 5.74) is 4.50. The van der Waals surface area contributed by atoms with Crippen LogP contribution in [0.2, 0.25) is 0 Å². The van der Waals surface area contributed by atoms with Crippen molar-refractivity contribution in [3.05, 3.63) is 88.8 Å². The Balaban J connectivity index is 1.33. The Kier molecular flexibility index (Phi) is 6.79. The molecule has 6 nitrogen and oxygen atoms in total. The Bertz CT molecular complexity index is 976. The molecular formula is C25H30N4O2. The van der Waals surface area contributed by atoms with E-state index in [9.17, 15) is 4.79 Å². The molecule has 1 saturated heterocycles. The van der Waals surface area contributed by atoms with Crippen LogP contribution < -0.4 is 5.32 Å². The topological polar surface area (TPSA) is 61.6 Å². The average molecular weight is 419 g/mol. The summed E-state index contributed by atoms with van der Waals surface area (Å²) in [4.78, 5) is 17.2. The lowest BCUT2D eigenvalue weighted by Crippen LogP contribution is -2.50. The standard InChI is InChI=1S/C25H30N4O2/c1-19-8-10-22(11-9-19)25(21-6-4-3-5-7-21)26-17-24(30)29-14-12-28(13-15-29)18-23-16-20(2)31-27-23/h3-11,16,25-26H,12-15,17-18H2,1-2H3/t25-/m1/s1. The molecule has 1 aliphatic rings. The maximum Gasteiger partial charge on any atom is 0.236 e. The summed E-state index contributed by atoms with van der Waals surface area (Å²) < 4.78 is 5.15. The van der Waals surface area contributed by atoms with Gasteiger partial charge in [-0.1, -0.05) is 65.3 Å². The number of benzene rings is 2. The summed E-state index contributed by atoms with van der Waals surface area (Å²) in [6.07, 6.45) is 0. The monoisotopic (exact) mass is 418 g/mol. The number of nitrogens with zero attached hydrogens (tertiary/aromatic N) is 3. The van der Waals surface area contributed by atoms with Crippen molar-refractivity contribution in [3.8, 4) is 0 Å². The molecule has 0 bridgehead atoms. The van der Waals surface area contributed by atoms with E-state index in [2.05, 4.69) is 58.7 Å². The fraction of sp³-hybridized carbons (Fsp3) is 0.360. The normalized spacial score (nSPS) is 15.7. The molecule has 6 heteroatoms. The van der Waals surface area contributed by atoms with Crippen LogP contribution in [0.25, 0.3) is 0 Å². The first-order valence-corrected chi connectivity index (χ1v) is 10.9. The average Bonchev–Trinajstić information content (AvgIpc) is 3.20. The van der Waals surface area contributed by atoms with Gasteiger partial charge in [-0.3, -0.25) is 15.0 Å². The van der Waals surface area contributed by atoms with Crippen molar-refractivity contribution in [1.29, 1.82) is 0 Å². The van der Waals surface area contributed by atoms with Crippen molar-refractivity contribution in [2.45, 2.75) is 26.4 Å². The third kappa shape index (κ3) is 5.60. The number of carbonyl (C=O) groups excluding carboxylic acids is 1. The number of piperazine rings is 1. The third-order valence-electron chi connectivity index (χ3n) is 5.79. The molecule has 0 unspecified atom stereocenters. The summed E-state index contributed by atoms with van der Waals surface area (Å²) in [5.74, 6) is 0.974. The zero-order valence-corrected chi connectivity index (χ0v) is 18.3. The molecule has 1 amide bonds. The van der Waals surface area contributed by atoms with Crippen LogP contribution in [0.3, 0.4) is 0 Å². The molecule has 0 aliphatic carbocycles. The molecule has 0 radical (unpaired) electrons. The molecule has 2 heterocycles. The smallest absolute Gasteiger partial charge is 0.236 e. The highest BCUT2D eigenvalue weighted by molar-refractivity contribution is 5.78. The first-order chi connectivity index (χ1) is 15.1. The van der Waals surface area contributed by atoms with Crippen LogP contribution in [0.15, 0.2) is 65.2 Å². The third-order valence-corrected chi connectivity index (χ3v) is 5.79. The van der Waals surface area contributed by atoms with E-state index in [1.807, 2.05) is 36.1 Å². The molecule has 1 fully saturated rings. The molecule has 4 rings (SSSR count). The Hall–Kier alpha value is -2.96. The van der Waals surface area contributed by atoms with E-state index in [1.165, 1.54) is 5.56 Å². The second-order valence-electron chi connectivity index (χ2n) is 8.22. The molecule has 1 aromatic heterocycles. The van der Waals surface area contributed by atoms with Crippen LogP contribution in [0, 0.1) is 13.8 Å². The predicted octanol–water partition coefficient (Wildman–Crippen LogP) is 3.31. The summed E-state index contributed by atoms with van der Waals surface area (Å²) >= 11 is 0. The van der Waals surface area contributed by atoms with E-state index in [0.717, 1.165) is 55.3 Å². The number of hydrogen-bond acceptors (Lipinski definition) is 5. The Morgan fingerprint density at radius 2 is 1.68 bits per heavy atom. The second kappa shape index (κ2) is 9.90. The van der Waals surface area contributed by atoms with Crippen LogP contribution in [-0.4, -0.2) is 53.6 Å². The number of hydrogen-bond donors (Lipinski definition) is 1. The fourth-order valence-electron chi connectivity index (χ4n) is 4.01. The minimum absolute atomic E-state index is 0.0116. The van der Waals surface area contributed by atoms with Gasteiger partial charge in [0.15, 0.2) is 0 Å². The van der Waals surface area contributed by atoms with E-state index >= 15 is 0 Å². The number of aryl methyl sites for hydroxylation is 2. The Morgan fingerprint density at radius 1 is 1.00 bits per heavy atom. The Morgan fingerprint density at radius 3 is 2.32 bits per heavy atom. The summed E-state index contributed by atoms with van der Waals surface area (Å²) in [7, 11) is 0. The highest BCUT2D eigenvalue weighted by atomic mass is 16.5. The lowest BCUT2D eigenvalue weighted by molar-refractivity contribution is -0.132. The van der Waals surface area contributed by atoms with Gasteiger partial charge in [-0.05, 0) is 25.0 Å². The van der Waals surface area contributed by atoms with Gasteiger partial charge < -0.3 is 9.42 Å². The minimum Gasteiger partial charge on any atom is -0.361 e. The minimum atomic E-state index is -0.0116. The van der Waals surface area contributed by atoms with Crippen LogP contribution in [0.5, 0.6) is 0 Å². The van der Waals surface area contributed by atoms with Crippen LogP contribution in [0.1, 0.15) is 34.2 Å². The van der Waals surface area contributed by atoms with Crippen molar-refractivity contribution in [2.24, 2.45) is 0 Å². The van der Waals surface area contributed by atoms with Crippen molar-refractivity contribution < 1.29 is 9.32 Å². The highest BCUT2D eigenvalue weighted by Gasteiger charge is 2.23. The fourth-order valence-corrected chi connectivity index (χ4v) is 4.01. The first-order valence-electron chi connectivity index (χ1n) is 10.9. The molecule has 3 aromatic rings. The van der Waals surface area contributed by atoms with Gasteiger partial charge in [0.1, 0.15) is 5.76 Å². The highest BCUT2D eigenvalue weighted by Crippen LogP contribution is 2.22. The molecule has 1 aliphatic heterocycles. The van der Waals surface area contributed by atoms with Crippen molar-refractivity contribution in [2.75, 3.05) is 32.7 Å². The number of carbonyl (C=O) groups is 1. The van der Waals surface area contributed by atoms with E-state index in [0.29, 0.717) is 6.54 Å². The van der Waals surface area contributed by atoms with E-state index in [4.69, 9.17) is 4.52 Å². The molecule has 2 aromatic carbocycles.